The van der Waals surface area contributed by atoms with Crippen LogP contribution in [-0.4, -0.2) is 9.97 Å². The molecule has 0 spiro atoms. The van der Waals surface area contributed by atoms with E-state index in [-0.39, 0.29) is 0 Å². The molecule has 2 heterocycles. The highest BCUT2D eigenvalue weighted by Crippen LogP contribution is 2.39. The zero-order chi connectivity index (χ0) is 34.7. The molecule has 7 aromatic carbocycles. The average Bonchev–Trinajstić information content (AvgIpc) is 3.24. The molecule has 0 fully saturated rings. The van der Waals surface area contributed by atoms with Crippen molar-refractivity contribution in [2.45, 2.75) is 0 Å². The third-order valence-electron chi connectivity index (χ3n) is 9.76. The molecule has 0 atom stereocenters. The second kappa shape index (κ2) is 13.8. The van der Waals surface area contributed by atoms with Gasteiger partial charge in [0.05, 0.1) is 11.2 Å². The van der Waals surface area contributed by atoms with Crippen molar-refractivity contribution >= 4 is 10.9 Å². The maximum atomic E-state index is 5.20. The number of benzene rings is 7. The van der Waals surface area contributed by atoms with Crippen LogP contribution in [0.2, 0.25) is 0 Å². The highest BCUT2D eigenvalue weighted by atomic mass is 14.7. The number of rotatable bonds is 7. The smallest absolute Gasteiger partial charge is 0.0716 e. The molecule has 2 heteroatoms. The Kier molecular flexibility index (Phi) is 8.24. The lowest BCUT2D eigenvalue weighted by molar-refractivity contribution is 1.33. The van der Waals surface area contributed by atoms with Crippen molar-refractivity contribution in [3.05, 3.63) is 207 Å². The summed E-state index contributed by atoms with van der Waals surface area (Å²) in [5, 5.41) is 1.13. The maximum Gasteiger partial charge on any atom is 0.0716 e. The molecule has 2 aromatic heterocycles. The summed E-state index contributed by atoms with van der Waals surface area (Å²) in [6, 6.07) is 69.3. The predicted octanol–water partition coefficient (Wildman–Crippen LogP) is 13.3. The van der Waals surface area contributed by atoms with E-state index in [1.165, 1.54) is 44.5 Å². The summed E-state index contributed by atoms with van der Waals surface area (Å²) in [6.45, 7) is 0. The molecule has 0 amide bonds. The fourth-order valence-electron chi connectivity index (χ4n) is 7.17. The van der Waals surface area contributed by atoms with Crippen LogP contribution in [-0.2, 0) is 0 Å². The number of para-hydroxylation sites is 1. The van der Waals surface area contributed by atoms with E-state index >= 15 is 0 Å². The van der Waals surface area contributed by atoms with Crippen molar-refractivity contribution in [3.8, 4) is 78.0 Å². The minimum atomic E-state index is 0.944. The van der Waals surface area contributed by atoms with Crippen molar-refractivity contribution in [3.63, 3.8) is 0 Å². The Bertz CT molecular complexity index is 2610. The van der Waals surface area contributed by atoms with Gasteiger partial charge in [-0.25, -0.2) is 4.98 Å². The van der Waals surface area contributed by atoms with E-state index in [4.69, 9.17) is 4.98 Å². The Labute approximate surface area is 304 Å². The highest BCUT2D eigenvalue weighted by molar-refractivity contribution is 6.00. The van der Waals surface area contributed by atoms with Crippen molar-refractivity contribution in [1.29, 1.82) is 0 Å². The van der Waals surface area contributed by atoms with Crippen LogP contribution >= 0.6 is 0 Å². The van der Waals surface area contributed by atoms with E-state index in [1.54, 1.807) is 0 Å². The topological polar surface area (TPSA) is 25.8 Å². The number of aromatic nitrogens is 2. The fourth-order valence-corrected chi connectivity index (χ4v) is 7.17. The van der Waals surface area contributed by atoms with Gasteiger partial charge in [0.25, 0.3) is 0 Å². The minimum Gasteiger partial charge on any atom is -0.265 e. The molecule has 0 bridgehead atoms. The van der Waals surface area contributed by atoms with Crippen LogP contribution < -0.4 is 0 Å². The van der Waals surface area contributed by atoms with Gasteiger partial charge in [-0.1, -0.05) is 140 Å². The summed E-state index contributed by atoms with van der Waals surface area (Å²) < 4.78 is 0. The van der Waals surface area contributed by atoms with Gasteiger partial charge in [-0.05, 0) is 121 Å². The summed E-state index contributed by atoms with van der Waals surface area (Å²) in [6.07, 6.45) is 3.70. The van der Waals surface area contributed by atoms with Crippen molar-refractivity contribution in [2.24, 2.45) is 0 Å². The van der Waals surface area contributed by atoms with Crippen molar-refractivity contribution < 1.29 is 0 Å². The fraction of sp³-hybridized carbons (Fsp3) is 0. The van der Waals surface area contributed by atoms with Crippen LogP contribution in [0.3, 0.4) is 0 Å². The standard InChI is InChI=1S/C50H34N2/c1-3-13-35(14-4-1)42-31-43(36-15-5-2-6-16-36)33-44(32-42)40-19-11-17-38(29-40)39-18-12-20-41(30-39)50-34-48(47-23-9-10-24-49(47)52-50)46-22-8-7-21-45(46)37-25-27-51-28-26-37/h1-34H. The lowest BCUT2D eigenvalue weighted by atomic mass is 9.91. The van der Waals surface area contributed by atoms with Crippen LogP contribution in [0.25, 0.3) is 88.9 Å². The molecular weight excluding hydrogens is 629 g/mol. The molecule has 0 saturated carbocycles. The first-order valence-corrected chi connectivity index (χ1v) is 17.6. The van der Waals surface area contributed by atoms with Crippen LogP contribution in [0, 0.1) is 0 Å². The van der Waals surface area contributed by atoms with Gasteiger partial charge in [0.15, 0.2) is 0 Å². The van der Waals surface area contributed by atoms with Gasteiger partial charge >= 0.3 is 0 Å². The first-order valence-electron chi connectivity index (χ1n) is 17.6. The van der Waals surface area contributed by atoms with Crippen LogP contribution in [0.5, 0.6) is 0 Å². The first-order chi connectivity index (χ1) is 25.8. The average molecular weight is 663 g/mol. The molecule has 9 rings (SSSR count). The third kappa shape index (κ3) is 6.19. The Morgan fingerprint density at radius 3 is 1.38 bits per heavy atom. The van der Waals surface area contributed by atoms with Gasteiger partial charge in [0.1, 0.15) is 0 Å². The van der Waals surface area contributed by atoms with E-state index < -0.39 is 0 Å². The van der Waals surface area contributed by atoms with Gasteiger partial charge in [0.2, 0.25) is 0 Å². The minimum absolute atomic E-state index is 0.944. The van der Waals surface area contributed by atoms with E-state index in [1.807, 2.05) is 12.4 Å². The quantitative estimate of drug-likeness (QED) is 0.170. The zero-order valence-corrected chi connectivity index (χ0v) is 28.5. The van der Waals surface area contributed by atoms with Gasteiger partial charge in [0, 0.05) is 23.3 Å². The summed E-state index contributed by atoms with van der Waals surface area (Å²) >= 11 is 0. The second-order valence-electron chi connectivity index (χ2n) is 13.0. The van der Waals surface area contributed by atoms with E-state index in [0.717, 1.165) is 44.4 Å². The molecule has 0 unspecified atom stereocenters. The van der Waals surface area contributed by atoms with E-state index in [0.29, 0.717) is 0 Å². The van der Waals surface area contributed by atoms with Gasteiger partial charge in [-0.2, -0.15) is 0 Å². The van der Waals surface area contributed by atoms with E-state index in [9.17, 15) is 0 Å². The molecule has 9 aromatic rings. The molecular formula is C50H34N2. The number of hydrogen-bond acceptors (Lipinski definition) is 2. The zero-order valence-electron chi connectivity index (χ0n) is 28.5. The van der Waals surface area contributed by atoms with Crippen LogP contribution in [0.4, 0.5) is 0 Å². The Morgan fingerprint density at radius 2 is 0.731 bits per heavy atom. The molecule has 0 radical (unpaired) electrons. The monoisotopic (exact) mass is 662 g/mol. The number of nitrogens with zero attached hydrogens (tertiary/aromatic N) is 2. The molecule has 0 saturated heterocycles. The number of hydrogen-bond donors (Lipinski definition) is 0. The normalized spacial score (nSPS) is 11.1. The predicted molar refractivity (Wildman–Crippen MR) is 218 cm³/mol. The first kappa shape index (κ1) is 31.1. The molecule has 244 valence electrons. The summed E-state index contributed by atoms with van der Waals surface area (Å²) in [5.41, 5.74) is 17.1. The Hall–Kier alpha value is -6.90. The number of fused-ring (bicyclic) bond motifs is 1. The Morgan fingerprint density at radius 1 is 0.269 bits per heavy atom. The molecule has 0 N–H and O–H groups in total. The molecule has 0 aliphatic rings. The molecule has 0 aliphatic heterocycles. The third-order valence-corrected chi connectivity index (χ3v) is 9.76. The molecule has 52 heavy (non-hydrogen) atoms. The second-order valence-corrected chi connectivity index (χ2v) is 13.0. The van der Waals surface area contributed by atoms with E-state index in [2.05, 4.69) is 199 Å². The number of pyridine rings is 2. The largest absolute Gasteiger partial charge is 0.265 e. The van der Waals surface area contributed by atoms with Crippen molar-refractivity contribution in [1.82, 2.24) is 9.97 Å². The lowest BCUT2D eigenvalue weighted by Gasteiger charge is -2.15. The van der Waals surface area contributed by atoms with Gasteiger partial charge in [-0.3, -0.25) is 4.98 Å². The summed E-state index contributed by atoms with van der Waals surface area (Å²) in [7, 11) is 0. The van der Waals surface area contributed by atoms with Crippen molar-refractivity contribution in [2.75, 3.05) is 0 Å². The van der Waals surface area contributed by atoms with Crippen LogP contribution in [0.1, 0.15) is 0 Å². The lowest BCUT2D eigenvalue weighted by Crippen LogP contribution is -1.92. The summed E-state index contributed by atoms with van der Waals surface area (Å²) in [5.74, 6) is 0. The molecule has 2 nitrogen and oxygen atoms in total. The van der Waals surface area contributed by atoms with Gasteiger partial charge < -0.3 is 0 Å². The van der Waals surface area contributed by atoms with Crippen LogP contribution in [0.15, 0.2) is 207 Å². The Balaban J connectivity index is 1.13. The maximum absolute atomic E-state index is 5.20. The summed E-state index contributed by atoms with van der Waals surface area (Å²) in [4.78, 5) is 9.46. The highest BCUT2D eigenvalue weighted by Gasteiger charge is 2.15. The van der Waals surface area contributed by atoms with Gasteiger partial charge in [-0.15, -0.1) is 0 Å². The molecule has 0 aliphatic carbocycles. The SMILES string of the molecule is c1ccc(-c2cc(-c3ccccc3)cc(-c3cccc(-c4cccc(-c5cc(-c6ccccc6-c6ccncc6)c6ccccc6n5)c4)c3)c2)cc1.